The normalized spacial score (nSPS) is 46.0. The van der Waals surface area contributed by atoms with Crippen molar-refractivity contribution in [2.45, 2.75) is 18.6 Å². The van der Waals surface area contributed by atoms with Crippen LogP contribution in [0.4, 0.5) is 0 Å². The Balaban J connectivity index is 2.20. The third kappa shape index (κ3) is 1.16. The number of aliphatic hydroxyl groups is 2. The van der Waals surface area contributed by atoms with Crippen molar-refractivity contribution in [3.63, 3.8) is 0 Å². The summed E-state index contributed by atoms with van der Waals surface area (Å²) in [7, 11) is 3.28. The van der Waals surface area contributed by atoms with Crippen LogP contribution in [0.3, 0.4) is 0 Å². The van der Waals surface area contributed by atoms with Crippen LogP contribution in [0.25, 0.3) is 0 Å². The summed E-state index contributed by atoms with van der Waals surface area (Å²) in [6.07, 6.45) is 5.62. The molecular formula is C15H22O4. The highest BCUT2D eigenvalue weighted by atomic mass is 16.7. The molecule has 2 saturated carbocycles. The number of ether oxygens (including phenoxy) is 2. The van der Waals surface area contributed by atoms with E-state index in [0.29, 0.717) is 0 Å². The van der Waals surface area contributed by atoms with Crippen molar-refractivity contribution in [2.24, 2.45) is 22.7 Å². The largest absolute Gasteiger partial charge is 0.396 e. The number of hydrogen-bond donors (Lipinski definition) is 2. The number of rotatable bonds is 4. The lowest BCUT2D eigenvalue weighted by Crippen LogP contribution is -2.46. The van der Waals surface area contributed by atoms with Crippen LogP contribution in [0.1, 0.15) is 12.8 Å². The molecule has 4 heteroatoms. The predicted octanol–water partition coefficient (Wildman–Crippen LogP) is 1.10. The Labute approximate surface area is 113 Å². The Morgan fingerprint density at radius 2 is 1.53 bits per heavy atom. The molecule has 4 nitrogen and oxygen atoms in total. The summed E-state index contributed by atoms with van der Waals surface area (Å²) in [6.45, 7) is 4.13. The maximum Gasteiger partial charge on any atom is 0.181 e. The van der Waals surface area contributed by atoms with Crippen LogP contribution in [0.5, 0.6) is 0 Å². The van der Waals surface area contributed by atoms with Gasteiger partial charge in [-0.25, -0.2) is 0 Å². The first-order valence-electron chi connectivity index (χ1n) is 6.74. The predicted molar refractivity (Wildman–Crippen MR) is 70.3 cm³/mol. The van der Waals surface area contributed by atoms with Gasteiger partial charge in [0.2, 0.25) is 0 Å². The molecule has 19 heavy (non-hydrogen) atoms. The molecule has 0 aromatic carbocycles. The first-order valence-corrected chi connectivity index (χ1v) is 6.74. The minimum Gasteiger partial charge on any atom is -0.396 e. The maximum absolute atomic E-state index is 10.1. The molecular weight excluding hydrogens is 244 g/mol. The van der Waals surface area contributed by atoms with Gasteiger partial charge in [0.15, 0.2) is 5.79 Å². The molecule has 3 rings (SSSR count). The second kappa shape index (κ2) is 3.92. The first kappa shape index (κ1) is 13.3. The van der Waals surface area contributed by atoms with Crippen molar-refractivity contribution in [3.8, 4) is 0 Å². The zero-order chi connectivity index (χ0) is 13.9. The van der Waals surface area contributed by atoms with Crippen LogP contribution in [0.15, 0.2) is 24.3 Å². The van der Waals surface area contributed by atoms with Crippen molar-refractivity contribution in [3.05, 3.63) is 24.3 Å². The summed E-state index contributed by atoms with van der Waals surface area (Å²) in [6, 6.07) is 0. The van der Waals surface area contributed by atoms with E-state index in [9.17, 15) is 10.2 Å². The molecule has 3 aliphatic rings. The lowest BCUT2D eigenvalue weighted by atomic mass is 9.60. The Hall–Kier alpha value is -0.680. The van der Waals surface area contributed by atoms with Gasteiger partial charge in [-0.1, -0.05) is 24.3 Å². The monoisotopic (exact) mass is 266 g/mol. The Kier molecular flexibility index (Phi) is 2.74. The van der Waals surface area contributed by atoms with E-state index in [4.69, 9.17) is 9.47 Å². The van der Waals surface area contributed by atoms with Crippen LogP contribution >= 0.6 is 0 Å². The van der Waals surface area contributed by atoms with Gasteiger partial charge in [-0.2, -0.15) is 0 Å². The third-order valence-corrected chi connectivity index (χ3v) is 5.88. The minimum atomic E-state index is -0.758. The van der Waals surface area contributed by atoms with Crippen LogP contribution in [0, 0.1) is 22.7 Å². The molecule has 2 unspecified atom stereocenters. The fourth-order valence-electron chi connectivity index (χ4n) is 5.18. The van der Waals surface area contributed by atoms with Gasteiger partial charge >= 0.3 is 0 Å². The van der Waals surface area contributed by atoms with Gasteiger partial charge in [0, 0.05) is 36.9 Å². The summed E-state index contributed by atoms with van der Waals surface area (Å²) in [4.78, 5) is 0. The van der Waals surface area contributed by atoms with E-state index in [0.717, 1.165) is 18.4 Å². The number of fused-ring (bicyclic) bond motifs is 5. The molecule has 0 aromatic heterocycles. The Morgan fingerprint density at radius 1 is 1.11 bits per heavy atom. The highest BCUT2D eigenvalue weighted by molar-refractivity contribution is 5.38. The van der Waals surface area contributed by atoms with E-state index in [1.807, 2.05) is 0 Å². The van der Waals surface area contributed by atoms with E-state index < -0.39 is 16.6 Å². The van der Waals surface area contributed by atoms with Crippen molar-refractivity contribution in [1.29, 1.82) is 0 Å². The highest BCUT2D eigenvalue weighted by Gasteiger charge is 2.78. The SMILES string of the molecule is C=C1CC2(CO)[C@@H]3C=C[C@@H](C3(OC)OC)C2(CO)C1. The number of methoxy groups -OCH3 is 2. The van der Waals surface area contributed by atoms with Gasteiger partial charge in [-0.15, -0.1) is 0 Å². The van der Waals surface area contributed by atoms with Gasteiger partial charge in [-0.05, 0) is 12.8 Å². The quantitative estimate of drug-likeness (QED) is 0.591. The van der Waals surface area contributed by atoms with E-state index in [1.54, 1.807) is 14.2 Å². The van der Waals surface area contributed by atoms with Crippen LogP contribution in [-0.4, -0.2) is 43.4 Å². The van der Waals surface area contributed by atoms with Crippen LogP contribution in [-0.2, 0) is 9.47 Å². The number of allylic oxidation sites excluding steroid dienone is 1. The topological polar surface area (TPSA) is 58.9 Å². The zero-order valence-electron chi connectivity index (χ0n) is 11.6. The average Bonchev–Trinajstić information content (AvgIpc) is 3.00. The first-order chi connectivity index (χ1) is 9.06. The summed E-state index contributed by atoms with van der Waals surface area (Å²) < 4.78 is 11.4. The molecule has 0 amide bonds. The van der Waals surface area contributed by atoms with E-state index in [2.05, 4.69) is 18.7 Å². The summed E-state index contributed by atoms with van der Waals surface area (Å²) >= 11 is 0. The number of hydrogen-bond acceptors (Lipinski definition) is 4. The second-order valence-electron chi connectivity index (χ2n) is 6.20. The van der Waals surface area contributed by atoms with Gasteiger partial charge in [0.25, 0.3) is 0 Å². The lowest BCUT2D eigenvalue weighted by molar-refractivity contribution is -0.241. The van der Waals surface area contributed by atoms with Gasteiger partial charge in [0.1, 0.15) is 0 Å². The molecule has 0 aliphatic heterocycles. The molecule has 0 saturated heterocycles. The Morgan fingerprint density at radius 3 is 1.84 bits per heavy atom. The smallest absolute Gasteiger partial charge is 0.181 e. The summed E-state index contributed by atoms with van der Waals surface area (Å²) in [5, 5.41) is 20.2. The van der Waals surface area contributed by atoms with Crippen molar-refractivity contribution in [1.82, 2.24) is 0 Å². The molecule has 2 N–H and O–H groups in total. The molecule has 106 valence electrons. The average molecular weight is 266 g/mol. The molecule has 0 heterocycles. The van der Waals surface area contributed by atoms with E-state index in [1.165, 1.54) is 0 Å². The van der Waals surface area contributed by atoms with Gasteiger partial charge < -0.3 is 19.7 Å². The highest BCUT2D eigenvalue weighted by Crippen LogP contribution is 2.75. The minimum absolute atomic E-state index is 0.0204. The molecule has 0 spiro atoms. The van der Waals surface area contributed by atoms with Crippen molar-refractivity contribution >= 4 is 0 Å². The third-order valence-electron chi connectivity index (χ3n) is 5.88. The maximum atomic E-state index is 10.1. The fourth-order valence-corrected chi connectivity index (χ4v) is 5.18. The van der Waals surface area contributed by atoms with E-state index in [-0.39, 0.29) is 25.0 Å². The molecule has 4 atom stereocenters. The number of aliphatic hydroxyl groups excluding tert-OH is 2. The zero-order valence-corrected chi connectivity index (χ0v) is 11.6. The van der Waals surface area contributed by atoms with Crippen LogP contribution < -0.4 is 0 Å². The molecule has 0 aromatic rings. The fraction of sp³-hybridized carbons (Fsp3) is 0.733. The second-order valence-corrected chi connectivity index (χ2v) is 6.20. The molecule has 2 bridgehead atoms. The molecule has 3 aliphatic carbocycles. The van der Waals surface area contributed by atoms with Gasteiger partial charge in [0.05, 0.1) is 13.2 Å². The Bertz CT molecular complexity index is 405. The summed E-state index contributed by atoms with van der Waals surface area (Å²) in [5.74, 6) is -0.848. The molecule has 2 fully saturated rings. The van der Waals surface area contributed by atoms with E-state index >= 15 is 0 Å². The standard InChI is InChI=1S/C15H22O4/c1-10-6-13(8-16)11-4-5-12(14(13,7-10)9-17)15(11,18-2)19-3/h4-5,11-12,16-17H,1,6-9H2,2-3H3/t11-,12+,13?,14?. The molecule has 0 radical (unpaired) electrons. The van der Waals surface area contributed by atoms with Crippen LogP contribution in [0.2, 0.25) is 0 Å². The van der Waals surface area contributed by atoms with Crippen molar-refractivity contribution < 1.29 is 19.7 Å². The van der Waals surface area contributed by atoms with Crippen molar-refractivity contribution in [2.75, 3.05) is 27.4 Å². The summed E-state index contributed by atoms with van der Waals surface area (Å²) in [5.41, 5.74) is 0.275. The van der Waals surface area contributed by atoms with Gasteiger partial charge in [-0.3, -0.25) is 0 Å². The lowest BCUT2D eigenvalue weighted by Gasteiger charge is -2.43.